The van der Waals surface area contributed by atoms with Crippen LogP contribution in [0.25, 0.3) is 0 Å². The summed E-state index contributed by atoms with van der Waals surface area (Å²) in [7, 11) is 0. The highest BCUT2D eigenvalue weighted by Crippen LogP contribution is 2.53. The molecule has 0 spiro atoms. The van der Waals surface area contributed by atoms with Crippen molar-refractivity contribution >= 4 is 15.9 Å². The molecule has 1 nitrogen and oxygen atoms in total. The number of benzene rings is 3. The molecule has 1 fully saturated rings. The Morgan fingerprint density at radius 1 is 0.778 bits per heavy atom. The Balaban J connectivity index is 1.68. The lowest BCUT2D eigenvalue weighted by atomic mass is 9.62. The maximum atomic E-state index is 6.45. The Morgan fingerprint density at radius 3 is 2.30 bits per heavy atom. The highest BCUT2D eigenvalue weighted by Gasteiger charge is 2.45. The van der Waals surface area contributed by atoms with E-state index in [1.54, 1.807) is 0 Å². The molecule has 0 aromatic heterocycles. The predicted molar refractivity (Wildman–Crippen MR) is 113 cm³/mol. The number of fused-ring (bicyclic) bond motifs is 2. The first-order valence-corrected chi connectivity index (χ1v) is 10.6. The van der Waals surface area contributed by atoms with Crippen LogP contribution in [0.3, 0.4) is 0 Å². The molecule has 3 aromatic carbocycles. The standard InChI is InChI=1S/C25H23BrO/c26-22-13-7-6-12-21(22)25-24-19(14-15-27-25)16-18-10-4-5-11-20(18)23(24)17-8-2-1-3-9-17/h1-13,19,23-25H,14-16H2/t19-,23+,24+,25+/m0/s1. The van der Waals surface area contributed by atoms with Crippen LogP contribution in [-0.4, -0.2) is 6.61 Å². The van der Waals surface area contributed by atoms with Crippen molar-refractivity contribution in [2.75, 3.05) is 6.61 Å². The van der Waals surface area contributed by atoms with E-state index in [4.69, 9.17) is 4.74 Å². The maximum absolute atomic E-state index is 6.45. The SMILES string of the molecule is Brc1ccccc1[C@H]1OCC[C@H]2Cc3ccccc3[C@@H](c3ccccc3)[C@@H]21. The van der Waals surface area contributed by atoms with Gasteiger partial charge in [0.25, 0.3) is 0 Å². The van der Waals surface area contributed by atoms with Gasteiger partial charge in [0.1, 0.15) is 0 Å². The van der Waals surface area contributed by atoms with Crippen molar-refractivity contribution in [2.24, 2.45) is 11.8 Å². The Kier molecular flexibility index (Phi) is 4.63. The molecule has 4 atom stereocenters. The van der Waals surface area contributed by atoms with Crippen molar-refractivity contribution < 1.29 is 4.74 Å². The second-order valence-electron chi connectivity index (χ2n) is 7.73. The Hall–Kier alpha value is -1.90. The summed E-state index contributed by atoms with van der Waals surface area (Å²) >= 11 is 3.78. The molecular weight excluding hydrogens is 396 g/mol. The molecule has 0 N–H and O–H groups in total. The van der Waals surface area contributed by atoms with Gasteiger partial charge in [-0.1, -0.05) is 88.7 Å². The summed E-state index contributed by atoms with van der Waals surface area (Å²) in [5.74, 6) is 1.48. The smallest absolute Gasteiger partial charge is 0.0875 e. The van der Waals surface area contributed by atoms with Crippen molar-refractivity contribution in [3.05, 3.63) is 106 Å². The van der Waals surface area contributed by atoms with Gasteiger partial charge < -0.3 is 4.74 Å². The van der Waals surface area contributed by atoms with E-state index in [9.17, 15) is 0 Å². The lowest BCUT2D eigenvalue weighted by Gasteiger charge is -2.47. The lowest BCUT2D eigenvalue weighted by Crippen LogP contribution is -2.40. The predicted octanol–water partition coefficient (Wildman–Crippen LogP) is 6.53. The van der Waals surface area contributed by atoms with Gasteiger partial charge >= 0.3 is 0 Å². The fraction of sp³-hybridized carbons (Fsp3) is 0.280. The molecule has 1 aliphatic carbocycles. The summed E-state index contributed by atoms with van der Waals surface area (Å²) < 4.78 is 7.61. The summed E-state index contributed by atoms with van der Waals surface area (Å²) in [5.41, 5.74) is 5.68. The monoisotopic (exact) mass is 418 g/mol. The van der Waals surface area contributed by atoms with Gasteiger partial charge in [-0.05, 0) is 47.1 Å². The zero-order valence-corrected chi connectivity index (χ0v) is 16.8. The molecule has 1 saturated heterocycles. The van der Waals surface area contributed by atoms with Gasteiger partial charge in [0.2, 0.25) is 0 Å². The average Bonchev–Trinajstić information content (AvgIpc) is 2.72. The number of hydrogen-bond donors (Lipinski definition) is 0. The highest BCUT2D eigenvalue weighted by atomic mass is 79.9. The zero-order chi connectivity index (χ0) is 18.2. The molecular formula is C25H23BrO. The van der Waals surface area contributed by atoms with E-state index in [1.807, 2.05) is 0 Å². The Morgan fingerprint density at radius 2 is 1.48 bits per heavy atom. The second kappa shape index (κ2) is 7.26. The molecule has 0 amide bonds. The van der Waals surface area contributed by atoms with E-state index in [0.29, 0.717) is 17.8 Å². The minimum atomic E-state index is 0.123. The molecule has 2 heteroatoms. The first-order chi connectivity index (χ1) is 13.3. The number of rotatable bonds is 2. The van der Waals surface area contributed by atoms with Gasteiger partial charge in [0.05, 0.1) is 6.10 Å². The summed E-state index contributed by atoms with van der Waals surface area (Å²) in [6, 6.07) is 28.6. The third kappa shape index (κ3) is 3.05. The molecule has 3 aromatic rings. The minimum absolute atomic E-state index is 0.123. The van der Waals surface area contributed by atoms with Gasteiger partial charge in [-0.2, -0.15) is 0 Å². The van der Waals surface area contributed by atoms with Crippen LogP contribution in [0.4, 0.5) is 0 Å². The fourth-order valence-corrected chi connectivity index (χ4v) is 5.67. The zero-order valence-electron chi connectivity index (χ0n) is 15.2. The van der Waals surface area contributed by atoms with E-state index in [-0.39, 0.29) is 6.10 Å². The first kappa shape index (κ1) is 17.2. The quantitative estimate of drug-likeness (QED) is 0.459. The van der Waals surface area contributed by atoms with E-state index in [0.717, 1.165) is 23.9 Å². The van der Waals surface area contributed by atoms with Gasteiger partial charge in [-0.15, -0.1) is 0 Å². The number of ether oxygens (including phenoxy) is 1. The molecule has 136 valence electrons. The molecule has 5 rings (SSSR count). The van der Waals surface area contributed by atoms with Crippen molar-refractivity contribution in [1.82, 2.24) is 0 Å². The summed E-state index contributed by atoms with van der Waals surface area (Å²) in [5, 5.41) is 0. The van der Waals surface area contributed by atoms with Crippen molar-refractivity contribution in [2.45, 2.75) is 24.9 Å². The molecule has 27 heavy (non-hydrogen) atoms. The summed E-state index contributed by atoms with van der Waals surface area (Å²) in [6.45, 7) is 0.844. The van der Waals surface area contributed by atoms with Crippen LogP contribution in [0, 0.1) is 11.8 Å². The van der Waals surface area contributed by atoms with Crippen LogP contribution in [-0.2, 0) is 11.2 Å². The Bertz CT molecular complexity index is 936. The molecule has 0 saturated carbocycles. The van der Waals surface area contributed by atoms with Crippen molar-refractivity contribution in [3.8, 4) is 0 Å². The average molecular weight is 419 g/mol. The molecule has 0 unspecified atom stereocenters. The van der Waals surface area contributed by atoms with Crippen LogP contribution in [0.1, 0.15) is 40.7 Å². The molecule has 0 radical (unpaired) electrons. The highest BCUT2D eigenvalue weighted by molar-refractivity contribution is 9.10. The third-order valence-corrected chi connectivity index (χ3v) is 7.03. The van der Waals surface area contributed by atoms with Gasteiger partial charge in [0.15, 0.2) is 0 Å². The van der Waals surface area contributed by atoms with E-state index < -0.39 is 0 Å². The van der Waals surface area contributed by atoms with Crippen LogP contribution in [0.5, 0.6) is 0 Å². The van der Waals surface area contributed by atoms with Crippen molar-refractivity contribution in [3.63, 3.8) is 0 Å². The van der Waals surface area contributed by atoms with Crippen LogP contribution >= 0.6 is 15.9 Å². The first-order valence-electron chi connectivity index (χ1n) is 9.81. The van der Waals surface area contributed by atoms with E-state index in [2.05, 4.69) is 94.8 Å². The number of hydrogen-bond acceptors (Lipinski definition) is 1. The van der Waals surface area contributed by atoms with E-state index >= 15 is 0 Å². The van der Waals surface area contributed by atoms with E-state index in [1.165, 1.54) is 22.3 Å². The summed E-state index contributed by atoms with van der Waals surface area (Å²) in [6.07, 6.45) is 2.43. The normalized spacial score (nSPS) is 26.9. The van der Waals surface area contributed by atoms with Crippen molar-refractivity contribution in [1.29, 1.82) is 0 Å². The molecule has 2 aliphatic rings. The fourth-order valence-electron chi connectivity index (χ4n) is 5.16. The maximum Gasteiger partial charge on any atom is 0.0875 e. The van der Waals surface area contributed by atoms with Gasteiger partial charge in [-0.25, -0.2) is 0 Å². The minimum Gasteiger partial charge on any atom is -0.373 e. The second-order valence-corrected chi connectivity index (χ2v) is 8.58. The van der Waals surface area contributed by atoms with Gasteiger partial charge in [-0.3, -0.25) is 0 Å². The molecule has 0 bridgehead atoms. The third-order valence-electron chi connectivity index (χ3n) is 6.31. The lowest BCUT2D eigenvalue weighted by molar-refractivity contribution is -0.0689. The van der Waals surface area contributed by atoms with Crippen LogP contribution in [0.15, 0.2) is 83.3 Å². The van der Waals surface area contributed by atoms with Crippen LogP contribution in [0.2, 0.25) is 0 Å². The van der Waals surface area contributed by atoms with Crippen LogP contribution < -0.4 is 0 Å². The Labute approximate surface area is 169 Å². The number of halogens is 1. The topological polar surface area (TPSA) is 9.23 Å². The molecule has 1 aliphatic heterocycles. The summed E-state index contributed by atoms with van der Waals surface area (Å²) in [4.78, 5) is 0. The largest absolute Gasteiger partial charge is 0.373 e. The van der Waals surface area contributed by atoms with Gasteiger partial charge in [0, 0.05) is 22.9 Å². The molecule has 1 heterocycles.